The standard InChI is InChI=1S/C53H60N2/c1-3-5-7-9-11-19-37-53(38-20-12-10-8-6-4-2)51-39-43(41-25-31-47(32-26-41)54-45-21-15-13-16-22-45)29-35-49(51)50-36-30-44(40-52(50)53)42-27-33-48(34-28-42)55-46-23-17-14-18-24-46/h13-18,21-36,39-40,54-55H,3-12,19-20,37-38H2,1-2H3. The van der Waals surface area contributed by atoms with E-state index in [-0.39, 0.29) is 5.41 Å². The fourth-order valence-corrected chi connectivity index (χ4v) is 8.80. The molecule has 0 radical (unpaired) electrons. The molecule has 0 unspecified atom stereocenters. The highest BCUT2D eigenvalue weighted by Crippen LogP contribution is 2.56. The van der Waals surface area contributed by atoms with Gasteiger partial charge in [-0.3, -0.25) is 0 Å². The number of hydrogen-bond acceptors (Lipinski definition) is 2. The van der Waals surface area contributed by atoms with E-state index >= 15 is 0 Å². The van der Waals surface area contributed by atoms with E-state index in [1.807, 2.05) is 0 Å². The summed E-state index contributed by atoms with van der Waals surface area (Å²) >= 11 is 0. The molecule has 1 aliphatic carbocycles. The first-order valence-electron chi connectivity index (χ1n) is 21.3. The molecule has 0 aromatic heterocycles. The second kappa shape index (κ2) is 19.0. The maximum Gasteiger partial charge on any atom is 0.0384 e. The van der Waals surface area contributed by atoms with E-state index in [0.29, 0.717) is 0 Å². The minimum Gasteiger partial charge on any atom is -0.356 e. The van der Waals surface area contributed by atoms with Crippen molar-refractivity contribution in [2.24, 2.45) is 0 Å². The van der Waals surface area contributed by atoms with Gasteiger partial charge in [0.05, 0.1) is 0 Å². The van der Waals surface area contributed by atoms with Crippen molar-refractivity contribution in [3.8, 4) is 33.4 Å². The Balaban J connectivity index is 1.23. The van der Waals surface area contributed by atoms with Crippen LogP contribution >= 0.6 is 0 Å². The van der Waals surface area contributed by atoms with Gasteiger partial charge in [-0.05, 0) is 118 Å². The molecule has 0 heterocycles. The molecule has 0 saturated carbocycles. The molecule has 0 amide bonds. The highest BCUT2D eigenvalue weighted by molar-refractivity contribution is 5.86. The molecule has 0 saturated heterocycles. The number of benzene rings is 6. The summed E-state index contributed by atoms with van der Waals surface area (Å²) in [4.78, 5) is 0. The van der Waals surface area contributed by atoms with Crippen molar-refractivity contribution in [2.75, 3.05) is 10.6 Å². The molecular formula is C53H60N2. The molecule has 2 heteroatoms. The maximum atomic E-state index is 3.56. The smallest absolute Gasteiger partial charge is 0.0384 e. The first-order valence-corrected chi connectivity index (χ1v) is 21.3. The highest BCUT2D eigenvalue weighted by Gasteiger charge is 2.42. The van der Waals surface area contributed by atoms with E-state index in [0.717, 1.165) is 22.7 Å². The third-order valence-corrected chi connectivity index (χ3v) is 11.8. The zero-order chi connectivity index (χ0) is 37.7. The van der Waals surface area contributed by atoms with Gasteiger partial charge in [0.1, 0.15) is 0 Å². The number of anilines is 4. The predicted octanol–water partition coefficient (Wildman–Crippen LogP) is 16.3. The van der Waals surface area contributed by atoms with Crippen LogP contribution in [0, 0.1) is 0 Å². The highest BCUT2D eigenvalue weighted by atomic mass is 14.9. The molecule has 1 aliphatic rings. The van der Waals surface area contributed by atoms with Crippen molar-refractivity contribution in [1.29, 1.82) is 0 Å². The summed E-state index contributed by atoms with van der Waals surface area (Å²) in [7, 11) is 0. The maximum absolute atomic E-state index is 3.56. The van der Waals surface area contributed by atoms with Gasteiger partial charge in [-0.25, -0.2) is 0 Å². The molecule has 2 nitrogen and oxygen atoms in total. The third-order valence-electron chi connectivity index (χ3n) is 11.8. The SMILES string of the molecule is CCCCCCCCC1(CCCCCCCC)c2cc(-c3ccc(Nc4ccccc4)cc3)ccc2-c2ccc(-c3ccc(Nc4ccccc4)cc3)cc21. The Morgan fingerprint density at radius 1 is 0.345 bits per heavy atom. The predicted molar refractivity (Wildman–Crippen MR) is 239 cm³/mol. The number of hydrogen-bond donors (Lipinski definition) is 2. The zero-order valence-corrected chi connectivity index (χ0v) is 33.3. The average molecular weight is 725 g/mol. The molecular weight excluding hydrogens is 665 g/mol. The largest absolute Gasteiger partial charge is 0.356 e. The lowest BCUT2D eigenvalue weighted by molar-refractivity contribution is 0.398. The summed E-state index contributed by atoms with van der Waals surface area (Å²) in [5.41, 5.74) is 15.6. The lowest BCUT2D eigenvalue weighted by atomic mass is 9.70. The van der Waals surface area contributed by atoms with Crippen LogP contribution in [0.3, 0.4) is 0 Å². The molecule has 2 N–H and O–H groups in total. The lowest BCUT2D eigenvalue weighted by Crippen LogP contribution is -2.25. The molecule has 7 rings (SSSR count). The Labute approximate surface area is 331 Å². The molecule has 6 aromatic carbocycles. The van der Waals surface area contributed by atoms with Gasteiger partial charge in [0.15, 0.2) is 0 Å². The number of para-hydroxylation sites is 2. The van der Waals surface area contributed by atoms with E-state index in [4.69, 9.17) is 0 Å². The van der Waals surface area contributed by atoms with Crippen LogP contribution in [0.5, 0.6) is 0 Å². The van der Waals surface area contributed by atoms with Crippen molar-refractivity contribution in [1.82, 2.24) is 0 Å². The minimum atomic E-state index is 0.00973. The van der Waals surface area contributed by atoms with Crippen LogP contribution in [-0.2, 0) is 5.41 Å². The van der Waals surface area contributed by atoms with Crippen molar-refractivity contribution in [3.05, 3.63) is 157 Å². The van der Waals surface area contributed by atoms with Gasteiger partial charge in [-0.15, -0.1) is 0 Å². The van der Waals surface area contributed by atoms with Crippen molar-refractivity contribution in [2.45, 2.75) is 109 Å². The van der Waals surface area contributed by atoms with Gasteiger partial charge < -0.3 is 10.6 Å². The fraction of sp³-hybridized carbons (Fsp3) is 0.321. The zero-order valence-electron chi connectivity index (χ0n) is 33.3. The number of rotatable bonds is 20. The van der Waals surface area contributed by atoms with Crippen LogP contribution < -0.4 is 10.6 Å². The van der Waals surface area contributed by atoms with E-state index in [2.05, 4.69) is 170 Å². The van der Waals surface area contributed by atoms with E-state index in [9.17, 15) is 0 Å². The third kappa shape index (κ3) is 9.42. The van der Waals surface area contributed by atoms with Gasteiger partial charge in [0.25, 0.3) is 0 Å². The molecule has 0 aliphatic heterocycles. The Morgan fingerprint density at radius 2 is 0.691 bits per heavy atom. The Kier molecular flexibility index (Phi) is 13.2. The van der Waals surface area contributed by atoms with Crippen molar-refractivity contribution in [3.63, 3.8) is 0 Å². The molecule has 0 bridgehead atoms. The summed E-state index contributed by atoms with van der Waals surface area (Å²) in [5.74, 6) is 0. The van der Waals surface area contributed by atoms with Crippen LogP contribution in [0.1, 0.15) is 115 Å². The van der Waals surface area contributed by atoms with E-state index in [1.54, 1.807) is 11.1 Å². The van der Waals surface area contributed by atoms with Crippen molar-refractivity contribution < 1.29 is 0 Å². The Morgan fingerprint density at radius 3 is 1.09 bits per heavy atom. The quantitative estimate of drug-likeness (QED) is 0.0766. The average Bonchev–Trinajstić information content (AvgIpc) is 3.50. The Hall–Kier alpha value is -5.08. The van der Waals surface area contributed by atoms with Gasteiger partial charge in [-0.2, -0.15) is 0 Å². The summed E-state index contributed by atoms with van der Waals surface area (Å²) in [5, 5.41) is 7.12. The normalized spacial score (nSPS) is 12.6. The fourth-order valence-electron chi connectivity index (χ4n) is 8.80. The second-order valence-corrected chi connectivity index (χ2v) is 15.8. The molecule has 0 spiro atoms. The minimum absolute atomic E-state index is 0.00973. The summed E-state index contributed by atoms with van der Waals surface area (Å²) < 4.78 is 0. The molecule has 6 aromatic rings. The van der Waals surface area contributed by atoms with Gasteiger partial charge >= 0.3 is 0 Å². The lowest BCUT2D eigenvalue weighted by Gasteiger charge is -2.33. The van der Waals surface area contributed by atoms with Crippen LogP contribution in [0.15, 0.2) is 146 Å². The van der Waals surface area contributed by atoms with Crippen LogP contribution in [0.4, 0.5) is 22.7 Å². The summed E-state index contributed by atoms with van der Waals surface area (Å²) in [6, 6.07) is 53.6. The molecule has 282 valence electrons. The van der Waals surface area contributed by atoms with Crippen LogP contribution in [0.25, 0.3) is 33.4 Å². The molecule has 55 heavy (non-hydrogen) atoms. The van der Waals surface area contributed by atoms with Crippen LogP contribution in [0.2, 0.25) is 0 Å². The first kappa shape index (κ1) is 38.2. The Bertz CT molecular complexity index is 1910. The van der Waals surface area contributed by atoms with E-state index < -0.39 is 0 Å². The number of unbranched alkanes of at least 4 members (excludes halogenated alkanes) is 10. The van der Waals surface area contributed by atoms with Gasteiger partial charge in [0, 0.05) is 28.2 Å². The molecule has 0 atom stereocenters. The monoisotopic (exact) mass is 724 g/mol. The van der Waals surface area contributed by atoms with Crippen molar-refractivity contribution >= 4 is 22.7 Å². The number of nitrogens with one attached hydrogen (secondary N) is 2. The first-order chi connectivity index (χ1) is 27.2. The summed E-state index contributed by atoms with van der Waals surface area (Å²) in [6.07, 6.45) is 18.3. The van der Waals surface area contributed by atoms with Gasteiger partial charge in [-0.1, -0.05) is 176 Å². The molecule has 0 fully saturated rings. The second-order valence-electron chi connectivity index (χ2n) is 15.8. The van der Waals surface area contributed by atoms with Crippen LogP contribution in [-0.4, -0.2) is 0 Å². The summed E-state index contributed by atoms with van der Waals surface area (Å²) in [6.45, 7) is 4.63. The van der Waals surface area contributed by atoms with Gasteiger partial charge in [0.2, 0.25) is 0 Å². The van der Waals surface area contributed by atoms with E-state index in [1.165, 1.54) is 123 Å². The topological polar surface area (TPSA) is 24.1 Å². The number of fused-ring (bicyclic) bond motifs is 3.